The molecule has 2 heterocycles. The normalized spacial score (nSPS) is 15.3. The molecule has 0 amide bonds. The van der Waals surface area contributed by atoms with Crippen molar-refractivity contribution in [2.75, 3.05) is 5.32 Å². The minimum absolute atomic E-state index is 0.166. The Labute approximate surface area is 168 Å². The maximum Gasteiger partial charge on any atom is 0.223 e. The second-order valence-electron chi connectivity index (χ2n) is 7.23. The zero-order valence-corrected chi connectivity index (χ0v) is 16.0. The fourth-order valence-electron chi connectivity index (χ4n) is 3.96. The number of hydrogen-bond donors (Lipinski definition) is 1. The van der Waals surface area contributed by atoms with E-state index in [0.717, 1.165) is 12.8 Å². The van der Waals surface area contributed by atoms with E-state index >= 15 is 0 Å². The van der Waals surface area contributed by atoms with Crippen molar-refractivity contribution in [1.82, 2.24) is 19.5 Å². The summed E-state index contributed by atoms with van der Waals surface area (Å²) < 4.78 is 16.4. The van der Waals surface area contributed by atoms with E-state index in [1.807, 2.05) is 23.9 Å². The van der Waals surface area contributed by atoms with Gasteiger partial charge in [-0.3, -0.25) is 0 Å². The number of anilines is 1. The number of nitrogens with one attached hydrogen (secondary N) is 1. The molecule has 0 radical (unpaired) electrons. The Balaban J connectivity index is 1.57. The van der Waals surface area contributed by atoms with Gasteiger partial charge in [0.2, 0.25) is 5.95 Å². The average Bonchev–Trinajstić information content (AvgIpc) is 3.35. The highest BCUT2D eigenvalue weighted by Gasteiger charge is 2.24. The van der Waals surface area contributed by atoms with Crippen LogP contribution in [0.25, 0.3) is 22.6 Å². The molecule has 29 heavy (non-hydrogen) atoms. The first kappa shape index (κ1) is 17.6. The molecule has 0 saturated heterocycles. The molecule has 1 aliphatic carbocycles. The molecular formula is C23H20FN5. The summed E-state index contributed by atoms with van der Waals surface area (Å²) in [7, 11) is 1.90. The Morgan fingerprint density at radius 1 is 1.03 bits per heavy atom. The third-order valence-electron chi connectivity index (χ3n) is 5.42. The topological polar surface area (TPSA) is 55.6 Å². The van der Waals surface area contributed by atoms with Gasteiger partial charge in [0.05, 0.1) is 6.04 Å². The number of rotatable bonds is 4. The molecule has 1 aliphatic rings. The fourth-order valence-corrected chi connectivity index (χ4v) is 3.96. The molecule has 4 aromatic rings. The quantitative estimate of drug-likeness (QED) is 0.549. The van der Waals surface area contributed by atoms with Crippen LogP contribution in [0, 0.1) is 5.82 Å². The van der Waals surface area contributed by atoms with E-state index in [1.165, 1.54) is 17.2 Å². The van der Waals surface area contributed by atoms with Crippen LogP contribution in [-0.4, -0.2) is 19.5 Å². The molecule has 0 bridgehead atoms. The van der Waals surface area contributed by atoms with E-state index in [4.69, 9.17) is 4.98 Å². The van der Waals surface area contributed by atoms with Crippen LogP contribution in [0.5, 0.6) is 0 Å². The predicted octanol–water partition coefficient (Wildman–Crippen LogP) is 4.78. The molecule has 2 aromatic heterocycles. The third-order valence-corrected chi connectivity index (χ3v) is 5.42. The molecule has 6 heteroatoms. The third kappa shape index (κ3) is 3.16. The van der Waals surface area contributed by atoms with Gasteiger partial charge in [0.25, 0.3) is 0 Å². The smallest absolute Gasteiger partial charge is 0.223 e. The first-order chi connectivity index (χ1) is 14.2. The number of aromatic nitrogens is 4. The van der Waals surface area contributed by atoms with E-state index in [2.05, 4.69) is 39.6 Å². The van der Waals surface area contributed by atoms with Crippen LogP contribution in [0.2, 0.25) is 0 Å². The summed E-state index contributed by atoms with van der Waals surface area (Å²) in [5, 5.41) is 3.46. The minimum atomic E-state index is -0.308. The number of fused-ring (bicyclic) bond motifs is 1. The van der Waals surface area contributed by atoms with Gasteiger partial charge in [-0.2, -0.15) is 0 Å². The first-order valence-electron chi connectivity index (χ1n) is 9.64. The van der Waals surface area contributed by atoms with Crippen LogP contribution >= 0.6 is 0 Å². The van der Waals surface area contributed by atoms with Crippen molar-refractivity contribution in [2.24, 2.45) is 7.05 Å². The molecule has 0 unspecified atom stereocenters. The Kier molecular flexibility index (Phi) is 4.31. The van der Waals surface area contributed by atoms with Crippen molar-refractivity contribution in [2.45, 2.75) is 18.9 Å². The summed E-state index contributed by atoms with van der Waals surface area (Å²) in [5.41, 5.74) is 4.33. The van der Waals surface area contributed by atoms with Gasteiger partial charge in [0, 0.05) is 36.8 Å². The van der Waals surface area contributed by atoms with Gasteiger partial charge in [-0.25, -0.2) is 19.3 Å². The van der Waals surface area contributed by atoms with Crippen LogP contribution in [-0.2, 0) is 13.5 Å². The van der Waals surface area contributed by atoms with Crippen molar-refractivity contribution in [3.63, 3.8) is 0 Å². The van der Waals surface area contributed by atoms with Gasteiger partial charge in [-0.1, -0.05) is 42.5 Å². The van der Waals surface area contributed by atoms with E-state index in [1.54, 1.807) is 24.5 Å². The van der Waals surface area contributed by atoms with Gasteiger partial charge >= 0.3 is 0 Å². The molecule has 0 saturated carbocycles. The number of benzene rings is 2. The summed E-state index contributed by atoms with van der Waals surface area (Å²) in [6, 6.07) is 15.3. The van der Waals surface area contributed by atoms with E-state index in [-0.39, 0.29) is 11.9 Å². The minimum Gasteiger partial charge on any atom is -0.347 e. The van der Waals surface area contributed by atoms with E-state index in [0.29, 0.717) is 28.6 Å². The van der Waals surface area contributed by atoms with E-state index < -0.39 is 0 Å². The first-order valence-corrected chi connectivity index (χ1v) is 9.64. The zero-order valence-electron chi connectivity index (χ0n) is 16.0. The summed E-state index contributed by atoms with van der Waals surface area (Å²) >= 11 is 0. The average molecular weight is 385 g/mol. The van der Waals surface area contributed by atoms with Crippen LogP contribution in [0.4, 0.5) is 10.3 Å². The number of aryl methyl sites for hydroxylation is 2. The highest BCUT2D eigenvalue weighted by atomic mass is 19.1. The zero-order chi connectivity index (χ0) is 19.8. The van der Waals surface area contributed by atoms with Crippen LogP contribution < -0.4 is 5.32 Å². The lowest BCUT2D eigenvalue weighted by Gasteiger charge is -2.16. The van der Waals surface area contributed by atoms with E-state index in [9.17, 15) is 4.39 Å². The van der Waals surface area contributed by atoms with Gasteiger partial charge in [0.15, 0.2) is 5.82 Å². The molecule has 2 aromatic carbocycles. The molecule has 0 spiro atoms. The Hall–Kier alpha value is -3.54. The van der Waals surface area contributed by atoms with Crippen LogP contribution in [0.3, 0.4) is 0 Å². The Morgan fingerprint density at radius 2 is 1.86 bits per heavy atom. The van der Waals surface area contributed by atoms with Gasteiger partial charge in [-0.05, 0) is 30.0 Å². The molecule has 144 valence electrons. The predicted molar refractivity (Wildman–Crippen MR) is 111 cm³/mol. The number of imidazole rings is 1. The van der Waals surface area contributed by atoms with Crippen molar-refractivity contribution in [3.8, 4) is 22.6 Å². The second-order valence-corrected chi connectivity index (χ2v) is 7.23. The van der Waals surface area contributed by atoms with Crippen LogP contribution in [0.1, 0.15) is 23.6 Å². The standard InChI is InChI=1S/C23H20FN5/c1-29-13-12-25-22(29)21-18(17-8-4-5-9-19(17)24)14-26-23(28-21)27-20-11-10-15-6-2-3-7-16(15)20/h2-9,12-14,20H,10-11H2,1H3,(H,26,27,28)/t20-/m1/s1. The maximum absolute atomic E-state index is 14.5. The Bertz CT molecular complexity index is 1180. The molecule has 5 rings (SSSR count). The molecule has 5 nitrogen and oxygen atoms in total. The van der Waals surface area contributed by atoms with Gasteiger partial charge in [0.1, 0.15) is 11.5 Å². The number of hydrogen-bond acceptors (Lipinski definition) is 4. The fraction of sp³-hybridized carbons (Fsp3) is 0.174. The van der Waals surface area contributed by atoms with Crippen molar-refractivity contribution in [3.05, 3.63) is 84.1 Å². The largest absolute Gasteiger partial charge is 0.347 e. The second kappa shape index (κ2) is 7.13. The number of halogens is 1. The molecule has 1 N–H and O–H groups in total. The van der Waals surface area contributed by atoms with Crippen molar-refractivity contribution < 1.29 is 4.39 Å². The summed E-state index contributed by atoms with van der Waals surface area (Å²) in [4.78, 5) is 13.7. The molecule has 0 fully saturated rings. The van der Waals surface area contributed by atoms with Crippen LogP contribution in [0.15, 0.2) is 67.1 Å². The lowest BCUT2D eigenvalue weighted by atomic mass is 10.0. The highest BCUT2D eigenvalue weighted by molar-refractivity contribution is 5.78. The van der Waals surface area contributed by atoms with Gasteiger partial charge < -0.3 is 9.88 Å². The SMILES string of the molecule is Cn1ccnc1-c1nc(N[C@@H]2CCc3ccccc32)ncc1-c1ccccc1F. The molecule has 1 atom stereocenters. The van der Waals surface area contributed by atoms with Crippen molar-refractivity contribution >= 4 is 5.95 Å². The Morgan fingerprint density at radius 3 is 2.69 bits per heavy atom. The number of nitrogens with zero attached hydrogens (tertiary/aromatic N) is 4. The summed E-state index contributed by atoms with van der Waals surface area (Å²) in [6.45, 7) is 0. The highest BCUT2D eigenvalue weighted by Crippen LogP contribution is 2.35. The molecule has 0 aliphatic heterocycles. The summed E-state index contributed by atoms with van der Waals surface area (Å²) in [5.74, 6) is 0.877. The van der Waals surface area contributed by atoms with Crippen molar-refractivity contribution in [1.29, 1.82) is 0 Å². The monoisotopic (exact) mass is 385 g/mol. The lowest BCUT2D eigenvalue weighted by Crippen LogP contribution is -2.11. The summed E-state index contributed by atoms with van der Waals surface area (Å²) in [6.07, 6.45) is 7.27. The maximum atomic E-state index is 14.5. The lowest BCUT2D eigenvalue weighted by molar-refractivity contribution is 0.631. The van der Waals surface area contributed by atoms with Gasteiger partial charge in [-0.15, -0.1) is 0 Å². The molecular weight excluding hydrogens is 365 g/mol.